The third-order valence-corrected chi connectivity index (χ3v) is 3.22. The molecule has 3 heteroatoms. The van der Waals surface area contributed by atoms with Crippen LogP contribution in [0.3, 0.4) is 0 Å². The lowest BCUT2D eigenvalue weighted by Crippen LogP contribution is -2.55. The van der Waals surface area contributed by atoms with E-state index in [0.29, 0.717) is 12.8 Å². The Morgan fingerprint density at radius 2 is 1.21 bits per heavy atom. The fourth-order valence-corrected chi connectivity index (χ4v) is 2.16. The SMILES string of the molecule is NC(=O)C(N)(Cc1ccccc1)Cc1ccccc1. The van der Waals surface area contributed by atoms with Crippen LogP contribution in [0.25, 0.3) is 0 Å². The summed E-state index contributed by atoms with van der Waals surface area (Å²) in [5, 5.41) is 0. The van der Waals surface area contributed by atoms with Crippen molar-refractivity contribution in [2.75, 3.05) is 0 Å². The fourth-order valence-electron chi connectivity index (χ4n) is 2.16. The van der Waals surface area contributed by atoms with Gasteiger partial charge in [0.25, 0.3) is 0 Å². The normalized spacial score (nSPS) is 11.2. The van der Waals surface area contributed by atoms with Crippen molar-refractivity contribution in [3.05, 3.63) is 71.8 Å². The zero-order valence-corrected chi connectivity index (χ0v) is 10.8. The second kappa shape index (κ2) is 5.67. The first-order chi connectivity index (χ1) is 9.10. The fraction of sp³-hybridized carbons (Fsp3) is 0.188. The van der Waals surface area contributed by atoms with Crippen LogP contribution in [0.5, 0.6) is 0 Å². The van der Waals surface area contributed by atoms with Gasteiger partial charge in [-0.2, -0.15) is 0 Å². The molecule has 0 unspecified atom stereocenters. The van der Waals surface area contributed by atoms with Gasteiger partial charge in [0.1, 0.15) is 5.54 Å². The number of carbonyl (C=O) groups is 1. The molecule has 2 aromatic carbocycles. The van der Waals surface area contributed by atoms with E-state index in [4.69, 9.17) is 11.5 Å². The molecule has 0 atom stereocenters. The molecule has 0 saturated heterocycles. The van der Waals surface area contributed by atoms with Crippen molar-refractivity contribution < 1.29 is 4.79 Å². The third-order valence-electron chi connectivity index (χ3n) is 3.22. The van der Waals surface area contributed by atoms with E-state index >= 15 is 0 Å². The number of hydrogen-bond donors (Lipinski definition) is 2. The number of primary amides is 1. The summed E-state index contributed by atoms with van der Waals surface area (Å²) < 4.78 is 0. The summed E-state index contributed by atoms with van der Waals surface area (Å²) in [5.41, 5.74) is 12.7. The standard InChI is InChI=1S/C16H18N2O/c17-15(19)16(18,11-13-7-3-1-4-8-13)12-14-9-5-2-6-10-14/h1-10H,11-12,18H2,(H2,17,19). The maximum Gasteiger partial charge on any atom is 0.238 e. The maximum atomic E-state index is 11.7. The molecule has 2 rings (SSSR count). The van der Waals surface area contributed by atoms with Crippen LogP contribution in [-0.4, -0.2) is 11.4 Å². The van der Waals surface area contributed by atoms with Gasteiger partial charge in [-0.05, 0) is 24.0 Å². The van der Waals surface area contributed by atoms with Gasteiger partial charge in [-0.15, -0.1) is 0 Å². The average Bonchev–Trinajstić information content (AvgIpc) is 2.40. The first kappa shape index (κ1) is 13.3. The molecule has 0 saturated carbocycles. The molecule has 19 heavy (non-hydrogen) atoms. The van der Waals surface area contributed by atoms with E-state index in [-0.39, 0.29) is 0 Å². The smallest absolute Gasteiger partial charge is 0.238 e. The summed E-state index contributed by atoms with van der Waals surface area (Å²) in [7, 11) is 0. The van der Waals surface area contributed by atoms with Crippen molar-refractivity contribution in [3.8, 4) is 0 Å². The summed E-state index contributed by atoms with van der Waals surface area (Å²) >= 11 is 0. The molecule has 4 N–H and O–H groups in total. The molecule has 2 aromatic rings. The molecule has 3 nitrogen and oxygen atoms in total. The van der Waals surface area contributed by atoms with Crippen molar-refractivity contribution in [2.45, 2.75) is 18.4 Å². The average molecular weight is 254 g/mol. The Morgan fingerprint density at radius 1 is 0.842 bits per heavy atom. The minimum atomic E-state index is -1.05. The number of carbonyl (C=O) groups excluding carboxylic acids is 1. The quantitative estimate of drug-likeness (QED) is 0.852. The zero-order chi connectivity index (χ0) is 13.7. The van der Waals surface area contributed by atoms with Gasteiger partial charge in [-0.25, -0.2) is 0 Å². The van der Waals surface area contributed by atoms with Crippen molar-refractivity contribution in [1.82, 2.24) is 0 Å². The number of nitrogens with two attached hydrogens (primary N) is 2. The number of hydrogen-bond acceptors (Lipinski definition) is 2. The summed E-state index contributed by atoms with van der Waals surface area (Å²) in [6, 6.07) is 19.4. The van der Waals surface area contributed by atoms with Crippen molar-refractivity contribution in [2.24, 2.45) is 11.5 Å². The Labute approximate surface area is 113 Å². The highest BCUT2D eigenvalue weighted by Gasteiger charge is 2.32. The van der Waals surface area contributed by atoms with Gasteiger partial charge in [0.15, 0.2) is 0 Å². The van der Waals surface area contributed by atoms with E-state index in [0.717, 1.165) is 11.1 Å². The predicted octanol–water partition coefficient (Wildman–Crippen LogP) is 1.65. The van der Waals surface area contributed by atoms with Gasteiger partial charge in [0, 0.05) is 0 Å². The predicted molar refractivity (Wildman–Crippen MR) is 76.4 cm³/mol. The zero-order valence-electron chi connectivity index (χ0n) is 10.8. The third kappa shape index (κ3) is 3.42. The van der Waals surface area contributed by atoms with E-state index in [1.165, 1.54) is 0 Å². The molecular formula is C16H18N2O. The first-order valence-electron chi connectivity index (χ1n) is 6.27. The van der Waals surface area contributed by atoms with Crippen LogP contribution in [0.15, 0.2) is 60.7 Å². The second-order valence-electron chi connectivity index (χ2n) is 4.85. The van der Waals surface area contributed by atoms with Crippen LogP contribution < -0.4 is 11.5 Å². The lowest BCUT2D eigenvalue weighted by Gasteiger charge is -2.26. The van der Waals surface area contributed by atoms with Gasteiger partial charge in [-0.1, -0.05) is 60.7 Å². The Hall–Kier alpha value is -2.13. The summed E-state index contributed by atoms with van der Waals surface area (Å²) in [6.07, 6.45) is 0.885. The van der Waals surface area contributed by atoms with Crippen LogP contribution in [0.2, 0.25) is 0 Å². The highest BCUT2D eigenvalue weighted by Crippen LogP contribution is 2.16. The van der Waals surface area contributed by atoms with Gasteiger partial charge >= 0.3 is 0 Å². The largest absolute Gasteiger partial charge is 0.368 e. The summed E-state index contributed by atoms with van der Waals surface area (Å²) in [6.45, 7) is 0. The molecule has 0 aliphatic carbocycles. The van der Waals surface area contributed by atoms with Crippen LogP contribution in [-0.2, 0) is 17.6 Å². The highest BCUT2D eigenvalue weighted by molar-refractivity contribution is 5.85. The van der Waals surface area contributed by atoms with E-state index in [1.807, 2.05) is 60.7 Å². The second-order valence-corrected chi connectivity index (χ2v) is 4.85. The Morgan fingerprint density at radius 3 is 1.53 bits per heavy atom. The minimum Gasteiger partial charge on any atom is -0.368 e. The van der Waals surface area contributed by atoms with Gasteiger partial charge in [0.2, 0.25) is 5.91 Å². The Bertz CT molecular complexity index is 496. The summed E-state index contributed by atoms with van der Waals surface area (Å²) in [4.78, 5) is 11.7. The number of rotatable bonds is 5. The van der Waals surface area contributed by atoms with Gasteiger partial charge < -0.3 is 11.5 Å². The van der Waals surface area contributed by atoms with Crippen molar-refractivity contribution >= 4 is 5.91 Å². The van der Waals surface area contributed by atoms with E-state index in [1.54, 1.807) is 0 Å². The molecular weight excluding hydrogens is 236 g/mol. The van der Waals surface area contributed by atoms with Crippen LogP contribution in [0.1, 0.15) is 11.1 Å². The van der Waals surface area contributed by atoms with Gasteiger partial charge in [-0.3, -0.25) is 4.79 Å². The monoisotopic (exact) mass is 254 g/mol. The van der Waals surface area contributed by atoms with Crippen molar-refractivity contribution in [3.63, 3.8) is 0 Å². The lowest BCUT2D eigenvalue weighted by atomic mass is 9.85. The molecule has 0 bridgehead atoms. The topological polar surface area (TPSA) is 69.1 Å². The van der Waals surface area contributed by atoms with E-state index in [2.05, 4.69) is 0 Å². The minimum absolute atomic E-state index is 0.443. The van der Waals surface area contributed by atoms with Crippen LogP contribution in [0.4, 0.5) is 0 Å². The van der Waals surface area contributed by atoms with E-state index < -0.39 is 11.4 Å². The van der Waals surface area contributed by atoms with Crippen molar-refractivity contribution in [1.29, 1.82) is 0 Å². The van der Waals surface area contributed by atoms with Crippen LogP contribution in [0, 0.1) is 0 Å². The number of benzene rings is 2. The molecule has 98 valence electrons. The Balaban J connectivity index is 2.21. The molecule has 1 amide bonds. The van der Waals surface area contributed by atoms with E-state index in [9.17, 15) is 4.79 Å². The summed E-state index contributed by atoms with van der Waals surface area (Å²) in [5.74, 6) is -0.472. The Kier molecular flexibility index (Phi) is 3.97. The van der Waals surface area contributed by atoms with Gasteiger partial charge in [0.05, 0.1) is 0 Å². The molecule has 0 spiro atoms. The lowest BCUT2D eigenvalue weighted by molar-refractivity contribution is -0.123. The first-order valence-corrected chi connectivity index (χ1v) is 6.27. The number of amides is 1. The maximum absolute atomic E-state index is 11.7. The highest BCUT2D eigenvalue weighted by atomic mass is 16.1. The molecule has 0 heterocycles. The van der Waals surface area contributed by atoms with Crippen LogP contribution >= 0.6 is 0 Å². The molecule has 0 aliphatic heterocycles. The molecule has 0 radical (unpaired) electrons. The molecule has 0 aromatic heterocycles. The molecule has 0 aliphatic rings. The molecule has 0 fully saturated rings.